The molecule has 0 aliphatic rings. The molecule has 17 heavy (non-hydrogen) atoms. The van der Waals surface area contributed by atoms with Crippen LogP contribution in [-0.2, 0) is 14.9 Å². The van der Waals surface area contributed by atoms with Crippen molar-refractivity contribution in [3.05, 3.63) is 12.2 Å². The molecule has 0 aliphatic carbocycles. The Labute approximate surface area is 103 Å². The van der Waals surface area contributed by atoms with E-state index in [0.29, 0.717) is 18.4 Å². The van der Waals surface area contributed by atoms with Crippen molar-refractivity contribution < 1.29 is 17.8 Å². The summed E-state index contributed by atoms with van der Waals surface area (Å²) in [5.74, 6) is -0.607. The lowest BCUT2D eigenvalue weighted by atomic mass is 10.1. The highest BCUT2D eigenvalue weighted by Crippen LogP contribution is 2.10. The second-order valence-electron chi connectivity index (χ2n) is 4.13. The lowest BCUT2D eigenvalue weighted by molar-refractivity contribution is -0.114. The van der Waals surface area contributed by atoms with Gasteiger partial charge in [0.25, 0.3) is 10.1 Å². The first-order chi connectivity index (χ1) is 7.83. The van der Waals surface area contributed by atoms with Crippen LogP contribution in [0.3, 0.4) is 0 Å². The maximum atomic E-state index is 10.6. The molecule has 0 aromatic carbocycles. The molecule has 0 fully saturated rings. The van der Waals surface area contributed by atoms with Gasteiger partial charge in [-0.3, -0.25) is 9.35 Å². The Morgan fingerprint density at radius 1 is 1.06 bits per heavy atom. The molecule has 1 amide bonds. The molecule has 100 valence electrons. The molecule has 0 unspecified atom stereocenters. The van der Waals surface area contributed by atoms with E-state index in [1.807, 2.05) is 0 Å². The Bertz CT molecular complexity index is 348. The normalized spacial score (nSPS) is 11.4. The van der Waals surface area contributed by atoms with Crippen LogP contribution in [0.4, 0.5) is 0 Å². The molecule has 0 saturated carbocycles. The van der Waals surface area contributed by atoms with E-state index in [-0.39, 0.29) is 5.75 Å². The maximum Gasteiger partial charge on any atom is 0.264 e. The Morgan fingerprint density at radius 3 is 2.00 bits per heavy atom. The average Bonchev–Trinajstić information content (AvgIpc) is 2.19. The summed E-state index contributed by atoms with van der Waals surface area (Å²) in [6.07, 6.45) is 5.66. The minimum atomic E-state index is -3.81. The molecule has 0 bridgehead atoms. The molecule has 0 heterocycles. The van der Waals surface area contributed by atoms with Gasteiger partial charge in [0.1, 0.15) is 0 Å². The van der Waals surface area contributed by atoms with Crippen molar-refractivity contribution in [2.24, 2.45) is 5.73 Å². The highest BCUT2D eigenvalue weighted by Gasteiger charge is 2.03. The minimum Gasteiger partial charge on any atom is -0.366 e. The first-order valence-electron chi connectivity index (χ1n) is 5.75. The summed E-state index contributed by atoms with van der Waals surface area (Å²) in [5.41, 5.74) is 5.49. The number of carbonyl (C=O) groups is 1. The van der Waals surface area contributed by atoms with Gasteiger partial charge in [-0.1, -0.05) is 32.3 Å². The van der Waals surface area contributed by atoms with Gasteiger partial charge in [-0.15, -0.1) is 0 Å². The zero-order valence-electron chi connectivity index (χ0n) is 10.0. The molecular formula is C11H21NO4S. The highest BCUT2D eigenvalue weighted by molar-refractivity contribution is 7.85. The number of hydrogen-bond acceptors (Lipinski definition) is 3. The second kappa shape index (κ2) is 8.25. The summed E-state index contributed by atoms with van der Waals surface area (Å²) in [5, 5.41) is 0. The summed E-state index contributed by atoms with van der Waals surface area (Å²) in [6, 6.07) is 0. The van der Waals surface area contributed by atoms with Crippen LogP contribution < -0.4 is 5.73 Å². The quantitative estimate of drug-likeness (QED) is 0.356. The number of carbonyl (C=O) groups excluding carboxylic acids is 1. The van der Waals surface area contributed by atoms with E-state index >= 15 is 0 Å². The summed E-state index contributed by atoms with van der Waals surface area (Å²) < 4.78 is 29.3. The van der Waals surface area contributed by atoms with Gasteiger partial charge in [0.2, 0.25) is 5.91 Å². The Morgan fingerprint density at radius 2 is 1.53 bits per heavy atom. The largest absolute Gasteiger partial charge is 0.366 e. The van der Waals surface area contributed by atoms with Gasteiger partial charge in [0.05, 0.1) is 5.75 Å². The molecule has 3 N–H and O–H groups in total. The van der Waals surface area contributed by atoms with Crippen molar-refractivity contribution in [1.29, 1.82) is 0 Å². The van der Waals surface area contributed by atoms with Crippen LogP contribution in [0.2, 0.25) is 0 Å². The third-order valence-electron chi connectivity index (χ3n) is 2.48. The second-order valence-corrected chi connectivity index (χ2v) is 5.70. The Balaban J connectivity index is 3.31. The minimum absolute atomic E-state index is 0.161. The SMILES string of the molecule is C=C(CCCCCCCCS(=O)(=O)O)C(N)=O. The van der Waals surface area contributed by atoms with Gasteiger partial charge in [0.15, 0.2) is 0 Å². The maximum absolute atomic E-state index is 10.6. The van der Waals surface area contributed by atoms with E-state index < -0.39 is 16.0 Å². The van der Waals surface area contributed by atoms with Gasteiger partial charge in [-0.2, -0.15) is 8.42 Å². The van der Waals surface area contributed by atoms with Gasteiger partial charge < -0.3 is 5.73 Å². The number of amides is 1. The van der Waals surface area contributed by atoms with Crippen molar-refractivity contribution in [3.8, 4) is 0 Å². The molecule has 6 heteroatoms. The summed E-state index contributed by atoms with van der Waals surface area (Å²) in [4.78, 5) is 10.6. The van der Waals surface area contributed by atoms with E-state index in [4.69, 9.17) is 10.3 Å². The van der Waals surface area contributed by atoms with Crippen molar-refractivity contribution in [2.75, 3.05) is 5.75 Å². The first-order valence-corrected chi connectivity index (χ1v) is 7.36. The van der Waals surface area contributed by atoms with Crippen molar-refractivity contribution in [2.45, 2.75) is 44.9 Å². The Kier molecular flexibility index (Phi) is 7.82. The molecule has 0 radical (unpaired) electrons. The average molecular weight is 263 g/mol. The van der Waals surface area contributed by atoms with Crippen molar-refractivity contribution in [1.82, 2.24) is 0 Å². The van der Waals surface area contributed by atoms with E-state index in [1.54, 1.807) is 0 Å². The van der Waals surface area contributed by atoms with Crippen molar-refractivity contribution >= 4 is 16.0 Å². The molecule has 0 aromatic heterocycles. The van der Waals surface area contributed by atoms with Crippen LogP contribution in [0.1, 0.15) is 44.9 Å². The number of unbranched alkanes of at least 4 members (excludes halogenated alkanes) is 5. The molecule has 0 spiro atoms. The van der Waals surface area contributed by atoms with Gasteiger partial charge >= 0.3 is 0 Å². The van der Waals surface area contributed by atoms with E-state index in [9.17, 15) is 13.2 Å². The van der Waals surface area contributed by atoms with Gasteiger partial charge in [-0.05, 0) is 19.3 Å². The number of hydrogen-bond donors (Lipinski definition) is 2. The fraction of sp³-hybridized carbons (Fsp3) is 0.727. The molecule has 0 atom stereocenters. The fourth-order valence-electron chi connectivity index (χ4n) is 1.45. The third-order valence-corrected chi connectivity index (χ3v) is 3.28. The van der Waals surface area contributed by atoms with Gasteiger partial charge in [0, 0.05) is 5.57 Å². The highest BCUT2D eigenvalue weighted by atomic mass is 32.2. The van der Waals surface area contributed by atoms with Gasteiger partial charge in [-0.25, -0.2) is 0 Å². The van der Waals surface area contributed by atoms with Crippen LogP contribution in [-0.4, -0.2) is 24.6 Å². The summed E-state index contributed by atoms with van der Waals surface area (Å²) in [7, 11) is -3.81. The monoisotopic (exact) mass is 263 g/mol. The molecular weight excluding hydrogens is 242 g/mol. The van der Waals surface area contributed by atoms with Crippen LogP contribution in [0, 0.1) is 0 Å². The zero-order chi connectivity index (χ0) is 13.3. The first kappa shape index (κ1) is 16.1. The fourth-order valence-corrected chi connectivity index (χ4v) is 2.02. The number of primary amides is 1. The lowest BCUT2D eigenvalue weighted by Crippen LogP contribution is -2.12. The predicted molar refractivity (Wildman–Crippen MR) is 67.1 cm³/mol. The van der Waals surface area contributed by atoms with E-state index in [2.05, 4.69) is 6.58 Å². The lowest BCUT2D eigenvalue weighted by Gasteiger charge is -2.02. The third kappa shape index (κ3) is 11.4. The smallest absolute Gasteiger partial charge is 0.264 e. The van der Waals surface area contributed by atoms with E-state index in [0.717, 1.165) is 32.1 Å². The topological polar surface area (TPSA) is 97.5 Å². The molecule has 0 rings (SSSR count). The van der Waals surface area contributed by atoms with Crippen LogP contribution in [0.15, 0.2) is 12.2 Å². The summed E-state index contributed by atoms with van der Waals surface area (Å²) in [6.45, 7) is 3.56. The Hall–Kier alpha value is -0.880. The van der Waals surface area contributed by atoms with E-state index in [1.165, 1.54) is 0 Å². The standard InChI is InChI=1S/C11H21NO4S/c1-10(11(12)13)8-6-4-2-3-5-7-9-17(14,15)16/h1-9H2,(H2,12,13)(H,14,15,16). The summed E-state index contributed by atoms with van der Waals surface area (Å²) >= 11 is 0. The zero-order valence-corrected chi connectivity index (χ0v) is 10.8. The molecule has 0 aromatic rings. The van der Waals surface area contributed by atoms with Crippen LogP contribution in [0.25, 0.3) is 0 Å². The van der Waals surface area contributed by atoms with Crippen LogP contribution >= 0.6 is 0 Å². The predicted octanol–water partition coefficient (Wildman–Crippen LogP) is 1.65. The molecule has 0 aliphatic heterocycles. The van der Waals surface area contributed by atoms with Crippen molar-refractivity contribution in [3.63, 3.8) is 0 Å². The molecule has 5 nitrogen and oxygen atoms in total. The van der Waals surface area contributed by atoms with Crippen LogP contribution in [0.5, 0.6) is 0 Å². The number of nitrogens with two attached hydrogens (primary N) is 1. The number of rotatable bonds is 10. The molecule has 0 saturated heterocycles.